The van der Waals surface area contributed by atoms with Crippen LogP contribution in [0.2, 0.25) is 0 Å². The Morgan fingerprint density at radius 2 is 1.95 bits per heavy atom. The molecule has 0 aliphatic carbocycles. The number of para-hydroxylation sites is 1. The zero-order valence-corrected chi connectivity index (χ0v) is 12.3. The van der Waals surface area contributed by atoms with E-state index in [-0.39, 0.29) is 0 Å². The number of pyridine rings is 1. The van der Waals surface area contributed by atoms with E-state index in [0.29, 0.717) is 11.4 Å². The molecule has 102 valence electrons. The van der Waals surface area contributed by atoms with Crippen molar-refractivity contribution in [2.24, 2.45) is 0 Å². The predicted molar refractivity (Wildman–Crippen MR) is 88.0 cm³/mol. The van der Waals surface area contributed by atoms with Crippen LogP contribution in [0.15, 0.2) is 59.5 Å². The minimum atomic E-state index is 0.629. The first-order valence-electron chi connectivity index (χ1n) is 6.51. The molecule has 0 aliphatic heterocycles. The van der Waals surface area contributed by atoms with Crippen molar-refractivity contribution in [3.63, 3.8) is 0 Å². The van der Waals surface area contributed by atoms with Gasteiger partial charge in [-0.25, -0.2) is 4.98 Å². The van der Waals surface area contributed by atoms with Gasteiger partial charge in [0, 0.05) is 16.0 Å². The Bertz CT molecular complexity index is 837. The second kappa shape index (κ2) is 5.86. The van der Waals surface area contributed by atoms with Crippen molar-refractivity contribution >= 4 is 34.2 Å². The Morgan fingerprint density at radius 1 is 1.10 bits per heavy atom. The van der Waals surface area contributed by atoms with Gasteiger partial charge < -0.3 is 5.32 Å². The van der Waals surface area contributed by atoms with Crippen molar-refractivity contribution in [1.82, 2.24) is 4.98 Å². The number of fused-ring (bicyclic) bond motifs is 1. The number of nitriles is 1. The number of thioether (sulfide) groups is 1. The lowest BCUT2D eigenvalue weighted by atomic mass is 10.1. The molecule has 3 rings (SSSR count). The van der Waals surface area contributed by atoms with Crippen molar-refractivity contribution in [1.29, 1.82) is 5.26 Å². The van der Waals surface area contributed by atoms with Crippen LogP contribution in [0.4, 0.5) is 11.5 Å². The summed E-state index contributed by atoms with van der Waals surface area (Å²) < 4.78 is 0. The number of nitrogens with zero attached hydrogens (tertiary/aromatic N) is 2. The molecule has 0 fully saturated rings. The molecule has 2 aromatic carbocycles. The molecule has 0 bridgehead atoms. The van der Waals surface area contributed by atoms with Crippen LogP contribution in [0.3, 0.4) is 0 Å². The van der Waals surface area contributed by atoms with Crippen LogP contribution in [-0.4, -0.2) is 11.2 Å². The monoisotopic (exact) mass is 291 g/mol. The lowest BCUT2D eigenvalue weighted by Gasteiger charge is -2.09. The van der Waals surface area contributed by atoms with Crippen molar-refractivity contribution in [2.75, 3.05) is 11.6 Å². The quantitative estimate of drug-likeness (QED) is 0.718. The molecule has 0 saturated carbocycles. The fourth-order valence-corrected chi connectivity index (χ4v) is 2.64. The van der Waals surface area contributed by atoms with Gasteiger partial charge in [0.05, 0.1) is 17.1 Å². The molecule has 1 N–H and O–H groups in total. The van der Waals surface area contributed by atoms with Crippen LogP contribution >= 0.6 is 11.8 Å². The van der Waals surface area contributed by atoms with Gasteiger partial charge in [-0.05, 0) is 36.6 Å². The zero-order valence-electron chi connectivity index (χ0n) is 11.5. The molecule has 0 radical (unpaired) electrons. The Labute approximate surface area is 127 Å². The second-order valence-corrected chi connectivity index (χ2v) is 5.42. The molecule has 3 nitrogen and oxygen atoms in total. The fraction of sp³-hybridized carbons (Fsp3) is 0.0588. The molecule has 0 atom stereocenters. The molecule has 1 heterocycles. The summed E-state index contributed by atoms with van der Waals surface area (Å²) in [6, 6.07) is 19.8. The molecule has 0 unspecified atom stereocenters. The maximum absolute atomic E-state index is 9.30. The van der Waals surface area contributed by atoms with Crippen LogP contribution in [-0.2, 0) is 0 Å². The first-order chi connectivity index (χ1) is 10.3. The third-order valence-corrected chi connectivity index (χ3v) is 3.90. The maximum Gasteiger partial charge on any atom is 0.132 e. The highest BCUT2D eigenvalue weighted by Gasteiger charge is 2.05. The maximum atomic E-state index is 9.30. The molecule has 1 aromatic heterocycles. The standard InChI is InChI=1S/C17H13N3S/c1-21-14-6-4-5-13(10-14)19-17-9-12(11-18)15-7-2-3-8-16(15)20-17/h2-10H,1H3,(H,19,20). The predicted octanol–water partition coefficient (Wildman–Crippen LogP) is 4.57. The van der Waals surface area contributed by atoms with E-state index in [2.05, 4.69) is 28.5 Å². The van der Waals surface area contributed by atoms with Crippen LogP contribution < -0.4 is 5.32 Å². The van der Waals surface area contributed by atoms with Crippen molar-refractivity contribution in [2.45, 2.75) is 4.90 Å². The van der Waals surface area contributed by atoms with E-state index in [4.69, 9.17) is 0 Å². The molecule has 0 amide bonds. The average molecular weight is 291 g/mol. The lowest BCUT2D eigenvalue weighted by molar-refractivity contribution is 1.34. The summed E-state index contributed by atoms with van der Waals surface area (Å²) >= 11 is 1.69. The van der Waals surface area contributed by atoms with Crippen molar-refractivity contribution in [3.8, 4) is 6.07 Å². The van der Waals surface area contributed by atoms with E-state index < -0.39 is 0 Å². The van der Waals surface area contributed by atoms with Gasteiger partial charge in [-0.2, -0.15) is 5.26 Å². The topological polar surface area (TPSA) is 48.7 Å². The van der Waals surface area contributed by atoms with Crippen LogP contribution in [0.5, 0.6) is 0 Å². The first-order valence-corrected chi connectivity index (χ1v) is 7.73. The minimum Gasteiger partial charge on any atom is -0.340 e. The molecule has 21 heavy (non-hydrogen) atoms. The van der Waals surface area contributed by atoms with Gasteiger partial charge in [-0.1, -0.05) is 24.3 Å². The third-order valence-electron chi connectivity index (χ3n) is 3.18. The van der Waals surface area contributed by atoms with Gasteiger partial charge in [0.25, 0.3) is 0 Å². The molecular formula is C17H13N3S. The highest BCUT2D eigenvalue weighted by atomic mass is 32.2. The highest BCUT2D eigenvalue weighted by molar-refractivity contribution is 7.98. The van der Waals surface area contributed by atoms with E-state index in [1.165, 1.54) is 4.90 Å². The van der Waals surface area contributed by atoms with E-state index in [9.17, 15) is 5.26 Å². The zero-order chi connectivity index (χ0) is 14.7. The van der Waals surface area contributed by atoms with Gasteiger partial charge in [0.2, 0.25) is 0 Å². The van der Waals surface area contributed by atoms with E-state index >= 15 is 0 Å². The molecule has 4 heteroatoms. The average Bonchev–Trinajstić information content (AvgIpc) is 2.54. The minimum absolute atomic E-state index is 0.629. The normalized spacial score (nSPS) is 10.3. The largest absolute Gasteiger partial charge is 0.340 e. The summed E-state index contributed by atoms with van der Waals surface area (Å²) in [5.74, 6) is 0.684. The van der Waals surface area contributed by atoms with Crippen molar-refractivity contribution < 1.29 is 0 Å². The van der Waals surface area contributed by atoms with Crippen molar-refractivity contribution in [3.05, 3.63) is 60.2 Å². The fourth-order valence-electron chi connectivity index (χ4n) is 2.18. The number of benzene rings is 2. The summed E-state index contributed by atoms with van der Waals surface area (Å²) in [5.41, 5.74) is 2.41. The van der Waals surface area contributed by atoms with Gasteiger partial charge in [-0.3, -0.25) is 0 Å². The summed E-state index contributed by atoms with van der Waals surface area (Å²) in [6.07, 6.45) is 2.04. The smallest absolute Gasteiger partial charge is 0.132 e. The third kappa shape index (κ3) is 2.83. The van der Waals surface area contributed by atoms with Crippen LogP contribution in [0.1, 0.15) is 5.56 Å². The summed E-state index contributed by atoms with van der Waals surface area (Å²) in [5, 5.41) is 13.4. The van der Waals surface area contributed by atoms with Gasteiger partial charge in [0.15, 0.2) is 0 Å². The molecule has 3 aromatic rings. The molecule has 0 saturated heterocycles. The summed E-state index contributed by atoms with van der Waals surface area (Å²) in [7, 11) is 0. The SMILES string of the molecule is CSc1cccc(Nc2cc(C#N)c3ccccc3n2)c1. The number of hydrogen-bond donors (Lipinski definition) is 1. The molecule has 0 spiro atoms. The van der Waals surface area contributed by atoms with Gasteiger partial charge in [-0.15, -0.1) is 11.8 Å². The number of hydrogen-bond acceptors (Lipinski definition) is 4. The van der Waals surface area contributed by atoms with E-state index in [1.54, 1.807) is 17.8 Å². The van der Waals surface area contributed by atoms with E-state index in [1.807, 2.05) is 42.7 Å². The Morgan fingerprint density at radius 3 is 2.76 bits per heavy atom. The molecular weight excluding hydrogens is 278 g/mol. The van der Waals surface area contributed by atoms with Gasteiger partial charge in [0.1, 0.15) is 5.82 Å². The highest BCUT2D eigenvalue weighted by Crippen LogP contribution is 2.24. The van der Waals surface area contributed by atoms with Crippen LogP contribution in [0.25, 0.3) is 10.9 Å². The Kier molecular flexibility index (Phi) is 3.76. The number of anilines is 2. The van der Waals surface area contributed by atoms with Crippen LogP contribution in [0, 0.1) is 11.3 Å². The first kappa shape index (κ1) is 13.5. The van der Waals surface area contributed by atoms with Gasteiger partial charge >= 0.3 is 0 Å². The Balaban J connectivity index is 2.02. The summed E-state index contributed by atoms with van der Waals surface area (Å²) in [4.78, 5) is 5.75. The number of rotatable bonds is 3. The second-order valence-electron chi connectivity index (χ2n) is 4.54. The molecule has 0 aliphatic rings. The summed E-state index contributed by atoms with van der Waals surface area (Å²) in [6.45, 7) is 0. The number of nitrogens with one attached hydrogen (secondary N) is 1. The Hall–Kier alpha value is -2.51. The van der Waals surface area contributed by atoms with E-state index in [0.717, 1.165) is 16.6 Å². The number of aromatic nitrogens is 1. The lowest BCUT2D eigenvalue weighted by Crippen LogP contribution is -1.95.